The lowest BCUT2D eigenvalue weighted by molar-refractivity contribution is -0.163. The SMILES string of the molecule is CCN(CC)C(=O)[C@H](OC(=O)c1ccccc1)[C@@H](OC(=O)c1ccccc1)C(=O)O. The van der Waals surface area contributed by atoms with Crippen LogP contribution in [-0.4, -0.2) is 59.1 Å². The summed E-state index contributed by atoms with van der Waals surface area (Å²) in [4.78, 5) is 51.0. The molecule has 0 aliphatic rings. The number of rotatable bonds is 9. The number of hydrogen-bond donors (Lipinski definition) is 1. The lowest BCUT2D eigenvalue weighted by atomic mass is 10.1. The third kappa shape index (κ3) is 5.66. The van der Waals surface area contributed by atoms with E-state index in [0.29, 0.717) is 0 Å². The van der Waals surface area contributed by atoms with Crippen LogP contribution in [0.1, 0.15) is 34.6 Å². The van der Waals surface area contributed by atoms with E-state index in [-0.39, 0.29) is 24.2 Å². The molecule has 0 aliphatic heterocycles. The fourth-order valence-electron chi connectivity index (χ4n) is 2.71. The van der Waals surface area contributed by atoms with Gasteiger partial charge in [0.2, 0.25) is 12.2 Å². The van der Waals surface area contributed by atoms with Crippen LogP contribution in [0.3, 0.4) is 0 Å². The lowest BCUT2D eigenvalue weighted by Crippen LogP contribution is -2.51. The van der Waals surface area contributed by atoms with Crippen LogP contribution in [0.2, 0.25) is 0 Å². The Labute approximate surface area is 174 Å². The molecular formula is C22H23NO7. The maximum atomic E-state index is 12.9. The predicted octanol–water partition coefficient (Wildman–Crippen LogP) is 2.39. The minimum absolute atomic E-state index is 0.104. The summed E-state index contributed by atoms with van der Waals surface area (Å²) in [6, 6.07) is 15.6. The highest BCUT2D eigenvalue weighted by Gasteiger charge is 2.42. The highest BCUT2D eigenvalue weighted by atomic mass is 16.6. The summed E-state index contributed by atoms with van der Waals surface area (Å²) in [5.74, 6) is -4.22. The second kappa shape index (κ2) is 10.8. The van der Waals surface area contributed by atoms with Crippen molar-refractivity contribution in [1.82, 2.24) is 4.90 Å². The second-order valence-corrected chi connectivity index (χ2v) is 6.23. The molecule has 158 valence electrons. The van der Waals surface area contributed by atoms with E-state index >= 15 is 0 Å². The molecule has 8 heteroatoms. The number of carboxylic acid groups (broad SMARTS) is 1. The molecule has 0 saturated carbocycles. The highest BCUT2D eigenvalue weighted by molar-refractivity contribution is 5.96. The fourth-order valence-corrected chi connectivity index (χ4v) is 2.71. The minimum Gasteiger partial charge on any atom is -0.478 e. The molecule has 0 aliphatic carbocycles. The maximum Gasteiger partial charge on any atom is 0.349 e. The summed E-state index contributed by atoms with van der Waals surface area (Å²) in [6.07, 6.45) is -3.86. The molecule has 0 aromatic heterocycles. The van der Waals surface area contributed by atoms with Crippen LogP contribution >= 0.6 is 0 Å². The van der Waals surface area contributed by atoms with Crippen molar-refractivity contribution in [2.24, 2.45) is 0 Å². The first-order chi connectivity index (χ1) is 14.4. The molecule has 1 N–H and O–H groups in total. The number of nitrogens with zero attached hydrogens (tertiary/aromatic N) is 1. The molecule has 0 saturated heterocycles. The van der Waals surface area contributed by atoms with Gasteiger partial charge in [0.05, 0.1) is 11.1 Å². The van der Waals surface area contributed by atoms with Crippen LogP contribution in [-0.2, 0) is 19.1 Å². The zero-order chi connectivity index (χ0) is 22.1. The van der Waals surface area contributed by atoms with Crippen molar-refractivity contribution >= 4 is 23.8 Å². The Hall–Kier alpha value is -3.68. The van der Waals surface area contributed by atoms with Gasteiger partial charge in [-0.1, -0.05) is 36.4 Å². The topological polar surface area (TPSA) is 110 Å². The van der Waals surface area contributed by atoms with E-state index in [1.165, 1.54) is 29.2 Å². The van der Waals surface area contributed by atoms with Crippen molar-refractivity contribution in [2.75, 3.05) is 13.1 Å². The third-order valence-corrected chi connectivity index (χ3v) is 4.32. The van der Waals surface area contributed by atoms with Crippen LogP contribution in [0.25, 0.3) is 0 Å². The quantitative estimate of drug-likeness (QED) is 0.629. The van der Waals surface area contributed by atoms with Crippen molar-refractivity contribution in [3.05, 3.63) is 71.8 Å². The summed E-state index contributed by atoms with van der Waals surface area (Å²) in [6.45, 7) is 3.91. The highest BCUT2D eigenvalue weighted by Crippen LogP contribution is 2.15. The van der Waals surface area contributed by atoms with E-state index in [2.05, 4.69) is 0 Å². The summed E-state index contributed by atoms with van der Waals surface area (Å²) in [5.41, 5.74) is 0.237. The summed E-state index contributed by atoms with van der Waals surface area (Å²) < 4.78 is 10.3. The number of carbonyl (C=O) groups excluding carboxylic acids is 3. The van der Waals surface area contributed by atoms with Gasteiger partial charge >= 0.3 is 17.9 Å². The maximum absolute atomic E-state index is 12.9. The van der Waals surface area contributed by atoms with E-state index in [1.807, 2.05) is 0 Å². The molecule has 0 spiro atoms. The number of hydrogen-bond acceptors (Lipinski definition) is 6. The Bertz CT molecular complexity index is 879. The second-order valence-electron chi connectivity index (χ2n) is 6.23. The number of ether oxygens (including phenoxy) is 2. The average molecular weight is 413 g/mol. The molecule has 0 bridgehead atoms. The smallest absolute Gasteiger partial charge is 0.349 e. The number of amides is 1. The summed E-state index contributed by atoms with van der Waals surface area (Å²) in [7, 11) is 0. The van der Waals surface area contributed by atoms with E-state index in [1.54, 1.807) is 50.2 Å². The van der Waals surface area contributed by atoms with Gasteiger partial charge in [-0.15, -0.1) is 0 Å². The van der Waals surface area contributed by atoms with E-state index in [4.69, 9.17) is 9.47 Å². The first kappa shape index (κ1) is 22.6. The Morgan fingerprint density at radius 3 is 1.53 bits per heavy atom. The van der Waals surface area contributed by atoms with Crippen LogP contribution < -0.4 is 0 Å². The van der Waals surface area contributed by atoms with Crippen molar-refractivity contribution < 1.29 is 33.8 Å². The zero-order valence-electron chi connectivity index (χ0n) is 16.7. The number of esters is 2. The van der Waals surface area contributed by atoms with E-state index in [0.717, 1.165) is 0 Å². The molecular weight excluding hydrogens is 390 g/mol. The van der Waals surface area contributed by atoms with Crippen LogP contribution in [0.4, 0.5) is 0 Å². The van der Waals surface area contributed by atoms with Crippen molar-refractivity contribution in [2.45, 2.75) is 26.1 Å². The average Bonchev–Trinajstić information content (AvgIpc) is 2.77. The van der Waals surface area contributed by atoms with Gasteiger partial charge in [-0.05, 0) is 38.1 Å². The summed E-state index contributed by atoms with van der Waals surface area (Å²) >= 11 is 0. The normalized spacial score (nSPS) is 12.3. The van der Waals surface area contributed by atoms with Gasteiger partial charge in [0, 0.05) is 13.1 Å². The van der Waals surface area contributed by atoms with Crippen molar-refractivity contribution in [3.8, 4) is 0 Å². The van der Waals surface area contributed by atoms with Gasteiger partial charge in [0.15, 0.2) is 0 Å². The molecule has 8 nitrogen and oxygen atoms in total. The molecule has 0 unspecified atom stereocenters. The van der Waals surface area contributed by atoms with E-state index < -0.39 is 36.0 Å². The first-order valence-electron chi connectivity index (χ1n) is 9.42. The Kier molecular flexibility index (Phi) is 8.10. The standard InChI is InChI=1S/C22H23NO7/c1-3-23(4-2)19(24)17(29-21(27)15-11-7-5-8-12-15)18(20(25)26)30-22(28)16-13-9-6-10-14-16/h5-14,17-18H,3-4H2,1-2H3,(H,25,26)/t17-,18-/m1/s1. The predicted molar refractivity (Wildman–Crippen MR) is 107 cm³/mol. The van der Waals surface area contributed by atoms with Crippen LogP contribution in [0.15, 0.2) is 60.7 Å². The molecule has 0 fully saturated rings. The molecule has 2 rings (SSSR count). The Balaban J connectivity index is 2.35. The van der Waals surface area contributed by atoms with Crippen LogP contribution in [0.5, 0.6) is 0 Å². The fraction of sp³-hybridized carbons (Fsp3) is 0.273. The molecule has 2 aromatic carbocycles. The number of carboxylic acids is 1. The van der Waals surface area contributed by atoms with Gasteiger partial charge in [-0.2, -0.15) is 0 Å². The van der Waals surface area contributed by atoms with Gasteiger partial charge in [-0.3, -0.25) is 4.79 Å². The number of likely N-dealkylation sites (N-methyl/N-ethyl adjacent to an activating group) is 1. The molecule has 30 heavy (non-hydrogen) atoms. The number of aliphatic carboxylic acids is 1. The van der Waals surface area contributed by atoms with Gasteiger partial charge in [0.1, 0.15) is 0 Å². The number of benzene rings is 2. The molecule has 0 heterocycles. The van der Waals surface area contributed by atoms with Gasteiger partial charge in [0.25, 0.3) is 5.91 Å². The van der Waals surface area contributed by atoms with Crippen molar-refractivity contribution in [1.29, 1.82) is 0 Å². The third-order valence-electron chi connectivity index (χ3n) is 4.32. The largest absolute Gasteiger partial charge is 0.478 e. The van der Waals surface area contributed by atoms with Crippen molar-refractivity contribution in [3.63, 3.8) is 0 Å². The van der Waals surface area contributed by atoms with Gasteiger partial charge in [-0.25, -0.2) is 14.4 Å². The Morgan fingerprint density at radius 1 is 0.767 bits per heavy atom. The van der Waals surface area contributed by atoms with Crippen LogP contribution in [0, 0.1) is 0 Å². The zero-order valence-corrected chi connectivity index (χ0v) is 16.7. The lowest BCUT2D eigenvalue weighted by Gasteiger charge is -2.28. The monoisotopic (exact) mass is 413 g/mol. The number of carbonyl (C=O) groups is 4. The Morgan fingerprint density at radius 2 is 1.17 bits per heavy atom. The minimum atomic E-state index is -2.02. The summed E-state index contributed by atoms with van der Waals surface area (Å²) in [5, 5.41) is 9.66. The molecule has 2 aromatic rings. The van der Waals surface area contributed by atoms with E-state index in [9.17, 15) is 24.3 Å². The molecule has 0 radical (unpaired) electrons. The molecule has 2 atom stereocenters. The molecule has 1 amide bonds. The van der Waals surface area contributed by atoms with Gasteiger partial charge < -0.3 is 19.5 Å². The first-order valence-corrected chi connectivity index (χ1v) is 9.42.